The number of ether oxygens (including phenoxy) is 1. The molecule has 128 valence electrons. The molecule has 1 N–H and O–H groups in total. The number of aromatic nitrogens is 1. The number of benzene rings is 2. The number of amidine groups is 1. The highest BCUT2D eigenvalue weighted by atomic mass is 35.5. The van der Waals surface area contributed by atoms with Crippen molar-refractivity contribution in [1.82, 2.24) is 10.4 Å². The molecule has 1 aromatic heterocycles. The van der Waals surface area contributed by atoms with Crippen molar-refractivity contribution in [2.24, 2.45) is 10.1 Å². The molecule has 1 aliphatic heterocycles. The summed E-state index contributed by atoms with van der Waals surface area (Å²) in [6, 6.07) is 17.0. The Morgan fingerprint density at radius 1 is 0.923 bits per heavy atom. The standard InChI is InChI=1S/C20H15ClN4O/c1-26-16-6-7-18-17(12-16)19(13-8-10-22-11-9-13)24-25-20(23-18)14-2-4-15(21)5-3-14/h2-12H,1H3,(H,23,25). The zero-order valence-electron chi connectivity index (χ0n) is 14.0. The zero-order chi connectivity index (χ0) is 17.9. The molecule has 0 atom stereocenters. The van der Waals surface area contributed by atoms with E-state index in [1.807, 2.05) is 54.6 Å². The van der Waals surface area contributed by atoms with E-state index in [9.17, 15) is 0 Å². The molecule has 6 heteroatoms. The van der Waals surface area contributed by atoms with Crippen molar-refractivity contribution in [3.63, 3.8) is 0 Å². The van der Waals surface area contributed by atoms with Gasteiger partial charge in [-0.1, -0.05) is 11.6 Å². The average molecular weight is 363 g/mol. The van der Waals surface area contributed by atoms with Crippen molar-refractivity contribution < 1.29 is 4.74 Å². The van der Waals surface area contributed by atoms with Gasteiger partial charge in [0.15, 0.2) is 5.84 Å². The van der Waals surface area contributed by atoms with Crippen molar-refractivity contribution >= 4 is 28.8 Å². The van der Waals surface area contributed by atoms with E-state index in [1.165, 1.54) is 0 Å². The molecule has 0 aliphatic carbocycles. The fourth-order valence-corrected chi connectivity index (χ4v) is 2.84. The molecule has 5 nitrogen and oxygen atoms in total. The van der Waals surface area contributed by atoms with Gasteiger partial charge < -0.3 is 4.74 Å². The maximum absolute atomic E-state index is 5.99. The number of nitrogens with zero attached hydrogens (tertiary/aromatic N) is 3. The van der Waals surface area contributed by atoms with Gasteiger partial charge >= 0.3 is 0 Å². The van der Waals surface area contributed by atoms with Gasteiger partial charge in [0.25, 0.3) is 0 Å². The van der Waals surface area contributed by atoms with E-state index in [2.05, 4.69) is 15.5 Å². The Balaban J connectivity index is 1.87. The Kier molecular flexibility index (Phi) is 4.37. The highest BCUT2D eigenvalue weighted by Gasteiger charge is 2.18. The summed E-state index contributed by atoms with van der Waals surface area (Å²) in [6.07, 6.45) is 3.48. The molecule has 0 spiro atoms. The molecular formula is C20H15ClN4O. The highest BCUT2D eigenvalue weighted by molar-refractivity contribution is 6.30. The van der Waals surface area contributed by atoms with Crippen LogP contribution in [0.3, 0.4) is 0 Å². The van der Waals surface area contributed by atoms with Crippen LogP contribution in [-0.2, 0) is 0 Å². The minimum absolute atomic E-state index is 0.650. The lowest BCUT2D eigenvalue weighted by Gasteiger charge is -2.09. The quantitative estimate of drug-likeness (QED) is 0.760. The monoisotopic (exact) mass is 362 g/mol. The summed E-state index contributed by atoms with van der Waals surface area (Å²) in [5, 5.41) is 5.29. The van der Waals surface area contributed by atoms with Gasteiger partial charge in [0.1, 0.15) is 11.5 Å². The number of halogens is 1. The largest absolute Gasteiger partial charge is 0.497 e. The lowest BCUT2D eigenvalue weighted by Crippen LogP contribution is -2.19. The number of rotatable bonds is 3. The third-order valence-electron chi connectivity index (χ3n) is 4.04. The van der Waals surface area contributed by atoms with E-state index in [1.54, 1.807) is 19.5 Å². The van der Waals surface area contributed by atoms with Crippen LogP contribution in [-0.4, -0.2) is 23.6 Å². The minimum Gasteiger partial charge on any atom is -0.497 e. The Morgan fingerprint density at radius 3 is 2.42 bits per heavy atom. The first-order valence-corrected chi connectivity index (χ1v) is 8.39. The number of hydrogen-bond donors (Lipinski definition) is 1. The van der Waals surface area contributed by atoms with Crippen molar-refractivity contribution in [1.29, 1.82) is 0 Å². The van der Waals surface area contributed by atoms with Crippen LogP contribution >= 0.6 is 11.6 Å². The summed E-state index contributed by atoms with van der Waals surface area (Å²) in [7, 11) is 1.64. The molecule has 0 bridgehead atoms. The minimum atomic E-state index is 0.650. The van der Waals surface area contributed by atoms with E-state index in [4.69, 9.17) is 21.3 Å². The topological polar surface area (TPSA) is 58.9 Å². The first-order chi connectivity index (χ1) is 12.7. The summed E-state index contributed by atoms with van der Waals surface area (Å²) in [6.45, 7) is 0. The Morgan fingerprint density at radius 2 is 1.69 bits per heavy atom. The van der Waals surface area contributed by atoms with Crippen LogP contribution in [0.1, 0.15) is 16.7 Å². The predicted octanol–water partition coefficient (Wildman–Crippen LogP) is 4.18. The van der Waals surface area contributed by atoms with Crippen LogP contribution in [0, 0.1) is 0 Å². The number of hydrogen-bond acceptors (Lipinski definition) is 5. The lowest BCUT2D eigenvalue weighted by molar-refractivity contribution is 0.415. The predicted molar refractivity (Wildman–Crippen MR) is 104 cm³/mol. The molecule has 0 saturated carbocycles. The Labute approximate surface area is 156 Å². The molecule has 2 aromatic carbocycles. The number of nitrogens with one attached hydrogen (secondary N) is 1. The first-order valence-electron chi connectivity index (χ1n) is 8.02. The van der Waals surface area contributed by atoms with E-state index >= 15 is 0 Å². The molecule has 26 heavy (non-hydrogen) atoms. The summed E-state index contributed by atoms with van der Waals surface area (Å²) in [4.78, 5) is 8.85. The molecule has 0 radical (unpaired) electrons. The highest BCUT2D eigenvalue weighted by Crippen LogP contribution is 2.29. The molecule has 1 aliphatic rings. The second kappa shape index (κ2) is 6.98. The van der Waals surface area contributed by atoms with Crippen molar-refractivity contribution in [2.45, 2.75) is 0 Å². The Bertz CT molecular complexity index is 998. The van der Waals surface area contributed by atoms with Crippen LogP contribution in [0.4, 0.5) is 5.69 Å². The molecule has 3 aromatic rings. The van der Waals surface area contributed by atoms with Gasteiger partial charge in [-0.2, -0.15) is 5.10 Å². The summed E-state index contributed by atoms with van der Waals surface area (Å²) >= 11 is 5.99. The van der Waals surface area contributed by atoms with Gasteiger partial charge in [-0.05, 0) is 54.6 Å². The summed E-state index contributed by atoms with van der Waals surface area (Å²) in [5.41, 5.74) is 7.38. The van der Waals surface area contributed by atoms with Gasteiger partial charge in [0, 0.05) is 34.1 Å². The van der Waals surface area contributed by atoms with E-state index in [0.29, 0.717) is 10.9 Å². The first kappa shape index (κ1) is 16.3. The molecule has 0 saturated heterocycles. The zero-order valence-corrected chi connectivity index (χ0v) is 14.7. The molecular weight excluding hydrogens is 348 g/mol. The normalized spacial score (nSPS) is 13.0. The van der Waals surface area contributed by atoms with Gasteiger partial charge in [-0.3, -0.25) is 10.4 Å². The fourth-order valence-electron chi connectivity index (χ4n) is 2.71. The van der Waals surface area contributed by atoms with Crippen LogP contribution in [0.15, 0.2) is 77.1 Å². The number of aliphatic imine (C=N–C) groups is 1. The van der Waals surface area contributed by atoms with E-state index in [0.717, 1.165) is 33.8 Å². The molecule has 0 amide bonds. The van der Waals surface area contributed by atoms with Gasteiger partial charge in [0.05, 0.1) is 12.8 Å². The molecule has 4 rings (SSSR count). The van der Waals surface area contributed by atoms with Crippen LogP contribution in [0.25, 0.3) is 0 Å². The third kappa shape index (κ3) is 3.17. The number of fused-ring (bicyclic) bond motifs is 1. The maximum atomic E-state index is 5.99. The van der Waals surface area contributed by atoms with Crippen molar-refractivity contribution in [3.05, 3.63) is 88.7 Å². The van der Waals surface area contributed by atoms with Crippen LogP contribution < -0.4 is 10.2 Å². The van der Waals surface area contributed by atoms with Crippen molar-refractivity contribution in [2.75, 3.05) is 7.11 Å². The van der Waals surface area contributed by atoms with Gasteiger partial charge in [0.2, 0.25) is 0 Å². The van der Waals surface area contributed by atoms with Crippen LogP contribution in [0.5, 0.6) is 5.75 Å². The third-order valence-corrected chi connectivity index (χ3v) is 4.29. The average Bonchev–Trinajstić information content (AvgIpc) is 2.88. The van der Waals surface area contributed by atoms with E-state index < -0.39 is 0 Å². The number of hydrazone groups is 1. The van der Waals surface area contributed by atoms with Gasteiger partial charge in [-0.15, -0.1) is 0 Å². The molecule has 0 fully saturated rings. The van der Waals surface area contributed by atoms with Crippen LogP contribution in [0.2, 0.25) is 5.02 Å². The van der Waals surface area contributed by atoms with Gasteiger partial charge in [-0.25, -0.2) is 4.99 Å². The Hall–Kier alpha value is -3.18. The molecule has 0 unspecified atom stereocenters. The number of methoxy groups -OCH3 is 1. The fraction of sp³-hybridized carbons (Fsp3) is 0.0500. The summed E-state index contributed by atoms with van der Waals surface area (Å²) in [5.74, 6) is 1.40. The second-order valence-electron chi connectivity index (χ2n) is 5.66. The lowest BCUT2D eigenvalue weighted by atomic mass is 10.0. The maximum Gasteiger partial charge on any atom is 0.154 e. The molecule has 2 heterocycles. The SMILES string of the molecule is COc1ccc2c(c1)C(c1ccncc1)=NNC(c1ccc(Cl)cc1)=N2. The second-order valence-corrected chi connectivity index (χ2v) is 6.09. The van der Waals surface area contributed by atoms with Crippen molar-refractivity contribution in [3.8, 4) is 5.75 Å². The van der Waals surface area contributed by atoms with E-state index in [-0.39, 0.29) is 0 Å². The smallest absolute Gasteiger partial charge is 0.154 e. The number of pyridine rings is 1. The summed E-state index contributed by atoms with van der Waals surface area (Å²) < 4.78 is 5.38.